The molecule has 0 saturated carbocycles. The average Bonchev–Trinajstić information content (AvgIpc) is 2.89. The standard InChI is InChI=1S/C12H15FN2O2S3/c13-11-2-1-9(5-10(11)12(14)18)20(16,17)15-6-8-3-4-19-7-8/h1-2,5,8,15H,3-4,6-7H2,(H2,14,18). The molecular weight excluding hydrogens is 319 g/mol. The normalized spacial score (nSPS) is 19.1. The van der Waals surface area contributed by atoms with E-state index in [0.29, 0.717) is 12.5 Å². The largest absolute Gasteiger partial charge is 0.389 e. The van der Waals surface area contributed by atoms with Gasteiger partial charge in [0.25, 0.3) is 0 Å². The molecule has 1 unspecified atom stereocenters. The lowest BCUT2D eigenvalue weighted by molar-refractivity contribution is 0.545. The lowest BCUT2D eigenvalue weighted by atomic mass is 10.1. The highest BCUT2D eigenvalue weighted by molar-refractivity contribution is 7.99. The number of hydrogen-bond donors (Lipinski definition) is 2. The Morgan fingerprint density at radius 1 is 1.55 bits per heavy atom. The van der Waals surface area contributed by atoms with Gasteiger partial charge in [0.15, 0.2) is 0 Å². The third kappa shape index (κ3) is 3.69. The summed E-state index contributed by atoms with van der Waals surface area (Å²) in [5.41, 5.74) is 5.32. The van der Waals surface area contributed by atoms with Crippen LogP contribution in [0.15, 0.2) is 23.1 Å². The molecule has 1 heterocycles. The minimum atomic E-state index is -3.66. The lowest BCUT2D eigenvalue weighted by Crippen LogP contribution is -2.29. The van der Waals surface area contributed by atoms with Crippen LogP contribution < -0.4 is 10.5 Å². The SMILES string of the molecule is NC(=S)c1cc(S(=O)(=O)NCC2CCSC2)ccc1F. The van der Waals surface area contributed by atoms with Gasteiger partial charge in [0.05, 0.1) is 4.90 Å². The summed E-state index contributed by atoms with van der Waals surface area (Å²) >= 11 is 6.52. The van der Waals surface area contributed by atoms with E-state index in [1.165, 1.54) is 12.1 Å². The van der Waals surface area contributed by atoms with Crippen LogP contribution in [0, 0.1) is 11.7 Å². The molecule has 3 N–H and O–H groups in total. The Morgan fingerprint density at radius 3 is 2.90 bits per heavy atom. The van der Waals surface area contributed by atoms with Crippen molar-refractivity contribution >= 4 is 39.0 Å². The van der Waals surface area contributed by atoms with Gasteiger partial charge in [0, 0.05) is 12.1 Å². The van der Waals surface area contributed by atoms with Gasteiger partial charge >= 0.3 is 0 Å². The summed E-state index contributed by atoms with van der Waals surface area (Å²) in [6.07, 6.45) is 1.01. The van der Waals surface area contributed by atoms with Crippen molar-refractivity contribution in [3.63, 3.8) is 0 Å². The molecule has 1 aromatic carbocycles. The molecule has 2 rings (SSSR count). The zero-order valence-electron chi connectivity index (χ0n) is 10.6. The van der Waals surface area contributed by atoms with E-state index in [1.54, 1.807) is 0 Å². The van der Waals surface area contributed by atoms with Gasteiger partial charge in [-0.05, 0) is 42.0 Å². The minimum absolute atomic E-state index is 0.0210. The van der Waals surface area contributed by atoms with Gasteiger partial charge in [0.1, 0.15) is 10.8 Å². The molecule has 8 heteroatoms. The number of halogens is 1. The second kappa shape index (κ2) is 6.38. The molecule has 20 heavy (non-hydrogen) atoms. The highest BCUT2D eigenvalue weighted by Gasteiger charge is 2.21. The molecule has 0 aliphatic carbocycles. The average molecular weight is 334 g/mol. The van der Waals surface area contributed by atoms with Crippen molar-refractivity contribution in [1.29, 1.82) is 0 Å². The number of hydrogen-bond acceptors (Lipinski definition) is 4. The van der Waals surface area contributed by atoms with E-state index >= 15 is 0 Å². The minimum Gasteiger partial charge on any atom is -0.389 e. The molecule has 1 aliphatic rings. The lowest BCUT2D eigenvalue weighted by Gasteiger charge is -2.11. The van der Waals surface area contributed by atoms with Crippen molar-refractivity contribution in [2.24, 2.45) is 11.7 Å². The molecule has 110 valence electrons. The van der Waals surface area contributed by atoms with E-state index in [4.69, 9.17) is 18.0 Å². The van der Waals surface area contributed by atoms with Gasteiger partial charge < -0.3 is 5.73 Å². The van der Waals surface area contributed by atoms with Gasteiger partial charge in [-0.1, -0.05) is 12.2 Å². The summed E-state index contributed by atoms with van der Waals surface area (Å²) < 4.78 is 40.3. The second-order valence-electron chi connectivity index (χ2n) is 4.59. The molecule has 0 radical (unpaired) electrons. The summed E-state index contributed by atoms with van der Waals surface area (Å²) in [6, 6.07) is 3.45. The maximum Gasteiger partial charge on any atom is 0.240 e. The Balaban J connectivity index is 2.16. The fourth-order valence-electron chi connectivity index (χ4n) is 1.92. The summed E-state index contributed by atoms with van der Waals surface area (Å²) in [6.45, 7) is 0.398. The van der Waals surface area contributed by atoms with Crippen LogP contribution in [-0.4, -0.2) is 31.5 Å². The van der Waals surface area contributed by atoms with Gasteiger partial charge in [-0.3, -0.25) is 0 Å². The molecule has 1 fully saturated rings. The van der Waals surface area contributed by atoms with Gasteiger partial charge in [-0.2, -0.15) is 11.8 Å². The number of nitrogens with two attached hydrogens (primary N) is 1. The van der Waals surface area contributed by atoms with E-state index < -0.39 is 15.8 Å². The Morgan fingerprint density at radius 2 is 2.30 bits per heavy atom. The quantitative estimate of drug-likeness (QED) is 0.798. The Kier molecular flexibility index (Phi) is 5.00. The number of thiocarbonyl (C=S) groups is 1. The number of nitrogens with one attached hydrogen (secondary N) is 1. The number of thioether (sulfide) groups is 1. The topological polar surface area (TPSA) is 72.2 Å². The predicted molar refractivity (Wildman–Crippen MR) is 82.9 cm³/mol. The first-order valence-corrected chi connectivity index (χ1v) is 9.11. The summed E-state index contributed by atoms with van der Waals surface area (Å²) in [5.74, 6) is 1.76. The Hall–Kier alpha value is -0.700. The van der Waals surface area contributed by atoms with Crippen molar-refractivity contribution in [3.8, 4) is 0 Å². The Bertz CT molecular complexity index is 613. The van der Waals surface area contributed by atoms with Crippen molar-refractivity contribution in [1.82, 2.24) is 4.72 Å². The summed E-state index contributed by atoms with van der Waals surface area (Å²) in [5, 5.41) is 0. The van der Waals surface area contributed by atoms with Crippen molar-refractivity contribution < 1.29 is 12.8 Å². The molecule has 1 aliphatic heterocycles. The van der Waals surface area contributed by atoms with E-state index in [1.807, 2.05) is 11.8 Å². The molecule has 4 nitrogen and oxygen atoms in total. The molecule has 0 bridgehead atoms. The molecular formula is C12H15FN2O2S3. The summed E-state index contributed by atoms with van der Waals surface area (Å²) in [4.78, 5) is -0.181. The fourth-order valence-corrected chi connectivity index (χ4v) is 4.50. The molecule has 1 saturated heterocycles. The Labute approximate surface area is 127 Å². The third-order valence-electron chi connectivity index (χ3n) is 3.10. The van der Waals surface area contributed by atoms with Gasteiger partial charge in [-0.25, -0.2) is 17.5 Å². The molecule has 0 amide bonds. The fraction of sp³-hybridized carbons (Fsp3) is 0.417. The smallest absolute Gasteiger partial charge is 0.240 e. The second-order valence-corrected chi connectivity index (χ2v) is 7.94. The van der Waals surface area contributed by atoms with Crippen LogP contribution in [0.5, 0.6) is 0 Å². The van der Waals surface area contributed by atoms with E-state index in [2.05, 4.69) is 4.72 Å². The van der Waals surface area contributed by atoms with Crippen LogP contribution in [-0.2, 0) is 10.0 Å². The van der Waals surface area contributed by atoms with Gasteiger partial charge in [0.2, 0.25) is 10.0 Å². The third-order valence-corrected chi connectivity index (χ3v) is 5.97. The van der Waals surface area contributed by atoms with E-state index in [9.17, 15) is 12.8 Å². The zero-order chi connectivity index (χ0) is 14.8. The first-order chi connectivity index (χ1) is 9.40. The monoisotopic (exact) mass is 334 g/mol. The van der Waals surface area contributed by atoms with Crippen LogP contribution in [0.4, 0.5) is 4.39 Å². The van der Waals surface area contributed by atoms with Crippen molar-refractivity contribution in [2.75, 3.05) is 18.1 Å². The number of rotatable bonds is 5. The maximum atomic E-state index is 13.5. The maximum absolute atomic E-state index is 13.5. The van der Waals surface area contributed by atoms with Crippen LogP contribution in [0.1, 0.15) is 12.0 Å². The van der Waals surface area contributed by atoms with Crippen LogP contribution in [0.25, 0.3) is 0 Å². The highest BCUT2D eigenvalue weighted by atomic mass is 32.2. The van der Waals surface area contributed by atoms with Crippen molar-refractivity contribution in [2.45, 2.75) is 11.3 Å². The molecule has 1 atom stereocenters. The van der Waals surface area contributed by atoms with Crippen LogP contribution in [0.2, 0.25) is 0 Å². The van der Waals surface area contributed by atoms with Crippen molar-refractivity contribution in [3.05, 3.63) is 29.6 Å². The van der Waals surface area contributed by atoms with E-state index in [-0.39, 0.29) is 15.4 Å². The number of sulfonamides is 1. The zero-order valence-corrected chi connectivity index (χ0v) is 13.1. The van der Waals surface area contributed by atoms with E-state index in [0.717, 1.165) is 24.0 Å². The highest BCUT2D eigenvalue weighted by Crippen LogP contribution is 2.23. The summed E-state index contributed by atoms with van der Waals surface area (Å²) in [7, 11) is -3.66. The first kappa shape index (κ1) is 15.7. The van der Waals surface area contributed by atoms with Crippen LogP contribution >= 0.6 is 24.0 Å². The number of benzene rings is 1. The van der Waals surface area contributed by atoms with Gasteiger partial charge in [-0.15, -0.1) is 0 Å². The molecule has 0 aromatic heterocycles. The predicted octanol–water partition coefficient (Wildman–Crippen LogP) is 1.49. The molecule has 0 spiro atoms. The van der Waals surface area contributed by atoms with Crippen LogP contribution in [0.3, 0.4) is 0 Å². The molecule has 1 aromatic rings. The first-order valence-electron chi connectivity index (χ1n) is 6.07.